The monoisotopic (exact) mass is 356 g/mol. The number of carbonyl (C=O) groups excluding carboxylic acids is 2. The Balaban J connectivity index is 1.46. The van der Waals surface area contributed by atoms with Crippen LogP contribution in [0.25, 0.3) is 0 Å². The molecule has 0 unspecified atom stereocenters. The molecule has 4 saturated carbocycles. The van der Waals surface area contributed by atoms with Crippen LogP contribution in [-0.4, -0.2) is 25.0 Å². The Morgan fingerprint density at radius 3 is 2.12 bits per heavy atom. The minimum Gasteiger partial charge on any atom is -0.497 e. The number of hydrogen-bond acceptors (Lipinski definition) is 3. The predicted molar refractivity (Wildman–Crippen MR) is 98.4 cm³/mol. The fourth-order valence-electron chi connectivity index (χ4n) is 5.92. The number of hydrogen-bond donors (Lipinski definition) is 2. The summed E-state index contributed by atoms with van der Waals surface area (Å²) in [7, 11) is 1.62. The van der Waals surface area contributed by atoms with Gasteiger partial charge in [-0.2, -0.15) is 0 Å². The van der Waals surface area contributed by atoms with Crippen molar-refractivity contribution in [3.8, 4) is 5.75 Å². The molecule has 3 N–H and O–H groups in total. The average molecular weight is 356 g/mol. The van der Waals surface area contributed by atoms with Gasteiger partial charge in [0.25, 0.3) is 0 Å². The Bertz CT molecular complexity index is 662. The van der Waals surface area contributed by atoms with Gasteiger partial charge in [-0.05, 0) is 74.0 Å². The molecule has 0 heterocycles. The third-order valence-corrected chi connectivity index (χ3v) is 6.77. The van der Waals surface area contributed by atoms with Crippen LogP contribution in [0.15, 0.2) is 24.3 Å². The highest BCUT2D eigenvalue weighted by Gasteiger charge is 2.54. The molecule has 5 rings (SSSR count). The molecular weight excluding hydrogens is 328 g/mol. The number of nitrogens with one attached hydrogen (secondary N) is 1. The highest BCUT2D eigenvalue weighted by molar-refractivity contribution is 5.89. The third kappa shape index (κ3) is 3.19. The second-order valence-electron chi connectivity index (χ2n) is 8.68. The molecular formula is C21H28N2O3. The number of primary amides is 1. The predicted octanol–water partition coefficient (Wildman–Crippen LogP) is 2.42. The van der Waals surface area contributed by atoms with Crippen LogP contribution in [0.3, 0.4) is 0 Å². The van der Waals surface area contributed by atoms with Gasteiger partial charge >= 0.3 is 0 Å². The molecule has 5 nitrogen and oxygen atoms in total. The molecule has 4 bridgehead atoms. The summed E-state index contributed by atoms with van der Waals surface area (Å²) in [5, 5.41) is 3.01. The summed E-state index contributed by atoms with van der Waals surface area (Å²) in [6, 6.07) is 6.86. The molecule has 0 aliphatic heterocycles. The van der Waals surface area contributed by atoms with Crippen LogP contribution >= 0.6 is 0 Å². The van der Waals surface area contributed by atoms with Crippen molar-refractivity contribution >= 4 is 11.8 Å². The van der Waals surface area contributed by atoms with Gasteiger partial charge in [-0.1, -0.05) is 12.1 Å². The minimum atomic E-state index is -0.663. The van der Waals surface area contributed by atoms with Crippen molar-refractivity contribution in [1.29, 1.82) is 0 Å². The lowest BCUT2D eigenvalue weighted by molar-refractivity contribution is -0.148. The van der Waals surface area contributed by atoms with Crippen molar-refractivity contribution in [3.63, 3.8) is 0 Å². The Hall–Kier alpha value is -2.04. The van der Waals surface area contributed by atoms with E-state index >= 15 is 0 Å². The van der Waals surface area contributed by atoms with E-state index in [0.717, 1.165) is 30.6 Å². The lowest BCUT2D eigenvalue weighted by atomic mass is 9.49. The largest absolute Gasteiger partial charge is 0.497 e. The van der Waals surface area contributed by atoms with E-state index in [4.69, 9.17) is 10.5 Å². The maximum Gasteiger partial charge on any atom is 0.240 e. The molecule has 140 valence electrons. The smallest absolute Gasteiger partial charge is 0.240 e. The van der Waals surface area contributed by atoms with Crippen molar-refractivity contribution in [1.82, 2.24) is 5.32 Å². The summed E-state index contributed by atoms with van der Waals surface area (Å²) in [5.41, 5.74) is 6.30. The summed E-state index contributed by atoms with van der Waals surface area (Å²) in [6.45, 7) is 0. The molecule has 0 radical (unpaired) electrons. The van der Waals surface area contributed by atoms with Gasteiger partial charge in [0, 0.05) is 11.8 Å². The van der Waals surface area contributed by atoms with Crippen LogP contribution in [0.2, 0.25) is 0 Å². The fraction of sp³-hybridized carbons (Fsp3) is 0.619. The zero-order chi connectivity index (χ0) is 18.3. The lowest BCUT2D eigenvalue weighted by Gasteiger charge is -2.55. The lowest BCUT2D eigenvalue weighted by Crippen LogP contribution is -2.57. The molecule has 0 saturated heterocycles. The van der Waals surface area contributed by atoms with E-state index in [-0.39, 0.29) is 11.3 Å². The third-order valence-electron chi connectivity index (χ3n) is 6.77. The first kappa shape index (κ1) is 17.4. The molecule has 5 heteroatoms. The van der Waals surface area contributed by atoms with Gasteiger partial charge in [-0.3, -0.25) is 9.59 Å². The normalized spacial score (nSPS) is 32.9. The molecule has 4 aliphatic carbocycles. The van der Waals surface area contributed by atoms with E-state index in [1.165, 1.54) is 19.3 Å². The van der Waals surface area contributed by atoms with Crippen molar-refractivity contribution in [2.24, 2.45) is 28.9 Å². The molecule has 2 amide bonds. The Morgan fingerprint density at radius 1 is 1.12 bits per heavy atom. The van der Waals surface area contributed by atoms with Crippen LogP contribution in [0, 0.1) is 23.2 Å². The maximum atomic E-state index is 13.2. The molecule has 26 heavy (non-hydrogen) atoms. The molecule has 0 aromatic heterocycles. The molecule has 4 aliphatic rings. The Morgan fingerprint density at radius 2 is 1.65 bits per heavy atom. The summed E-state index contributed by atoms with van der Waals surface area (Å²) in [5.74, 6) is 2.43. The van der Waals surface area contributed by atoms with E-state index in [2.05, 4.69) is 5.32 Å². The summed E-state index contributed by atoms with van der Waals surface area (Å²) < 4.78 is 5.16. The van der Waals surface area contributed by atoms with Crippen molar-refractivity contribution in [3.05, 3.63) is 29.8 Å². The number of rotatable bonds is 6. The molecule has 4 fully saturated rings. The fourth-order valence-corrected chi connectivity index (χ4v) is 5.92. The van der Waals surface area contributed by atoms with Crippen LogP contribution in [-0.2, 0) is 16.0 Å². The van der Waals surface area contributed by atoms with Gasteiger partial charge in [0.15, 0.2) is 0 Å². The van der Waals surface area contributed by atoms with Gasteiger partial charge in [-0.15, -0.1) is 0 Å². The maximum absolute atomic E-state index is 13.2. The SMILES string of the molecule is COc1ccc(C[C@@H](NC(=O)C23CC4CC(CC(C4)C2)C3)C(N)=O)cc1. The van der Waals surface area contributed by atoms with Gasteiger partial charge in [0.2, 0.25) is 11.8 Å². The molecule has 1 aromatic carbocycles. The van der Waals surface area contributed by atoms with E-state index < -0.39 is 11.9 Å². The average Bonchev–Trinajstić information content (AvgIpc) is 2.60. The van der Waals surface area contributed by atoms with E-state index in [1.54, 1.807) is 7.11 Å². The molecule has 0 spiro atoms. The van der Waals surface area contributed by atoms with Crippen LogP contribution in [0.5, 0.6) is 5.75 Å². The van der Waals surface area contributed by atoms with Gasteiger partial charge in [-0.25, -0.2) is 0 Å². The first-order valence-corrected chi connectivity index (χ1v) is 9.70. The van der Waals surface area contributed by atoms with Gasteiger partial charge < -0.3 is 15.8 Å². The number of amides is 2. The summed E-state index contributed by atoms with van der Waals surface area (Å²) >= 11 is 0. The Labute approximate surface area is 154 Å². The van der Waals surface area contributed by atoms with Crippen LogP contribution in [0.1, 0.15) is 44.1 Å². The quantitative estimate of drug-likeness (QED) is 0.821. The summed E-state index contributed by atoms with van der Waals surface area (Å²) in [4.78, 5) is 25.1. The number of nitrogens with two attached hydrogens (primary N) is 1. The van der Waals surface area contributed by atoms with E-state index in [0.29, 0.717) is 24.2 Å². The second kappa shape index (κ2) is 6.60. The van der Waals surface area contributed by atoms with Gasteiger partial charge in [0.1, 0.15) is 11.8 Å². The first-order chi connectivity index (χ1) is 12.5. The minimum absolute atomic E-state index is 0.0499. The number of methoxy groups -OCH3 is 1. The van der Waals surface area contributed by atoms with E-state index in [1.807, 2.05) is 24.3 Å². The first-order valence-electron chi connectivity index (χ1n) is 9.70. The van der Waals surface area contributed by atoms with Crippen LogP contribution < -0.4 is 15.8 Å². The number of benzene rings is 1. The molecule has 1 atom stereocenters. The van der Waals surface area contributed by atoms with Crippen molar-refractivity contribution in [2.75, 3.05) is 7.11 Å². The standard InChI is InChI=1S/C21H28N2O3/c1-26-17-4-2-13(3-5-17)9-18(19(22)24)23-20(25)21-10-14-6-15(11-21)8-16(7-14)12-21/h2-5,14-16,18H,6-12H2,1H3,(H2,22,24)(H,23,25)/t14?,15?,16?,18-,21?/m1/s1. The van der Waals surface area contributed by atoms with E-state index in [9.17, 15) is 9.59 Å². The zero-order valence-corrected chi connectivity index (χ0v) is 15.4. The number of ether oxygens (including phenoxy) is 1. The Kier molecular flexibility index (Phi) is 4.41. The topological polar surface area (TPSA) is 81.4 Å². The zero-order valence-electron chi connectivity index (χ0n) is 15.4. The second-order valence-corrected chi connectivity index (χ2v) is 8.68. The van der Waals surface area contributed by atoms with Gasteiger partial charge in [0.05, 0.1) is 7.11 Å². The van der Waals surface area contributed by atoms with Crippen molar-refractivity contribution in [2.45, 2.75) is 51.0 Å². The highest BCUT2D eigenvalue weighted by atomic mass is 16.5. The highest BCUT2D eigenvalue weighted by Crippen LogP contribution is 2.60. The number of carbonyl (C=O) groups is 2. The summed E-state index contributed by atoms with van der Waals surface area (Å²) in [6.07, 6.45) is 7.24. The van der Waals surface area contributed by atoms with Crippen molar-refractivity contribution < 1.29 is 14.3 Å². The van der Waals surface area contributed by atoms with Crippen LogP contribution in [0.4, 0.5) is 0 Å². The molecule has 1 aromatic rings.